The lowest BCUT2D eigenvalue weighted by Gasteiger charge is -2.18. The maximum Gasteiger partial charge on any atom is 0.0967 e. The van der Waals surface area contributed by atoms with E-state index >= 15 is 0 Å². The van der Waals surface area contributed by atoms with Gasteiger partial charge in [0.25, 0.3) is 0 Å². The minimum atomic E-state index is -0.00832. The Hall–Kier alpha value is -1.75. The van der Waals surface area contributed by atoms with Crippen LogP contribution in [0.25, 0.3) is 0 Å². The number of hydrogen-bond donors (Lipinski definition) is 0. The SMILES string of the molecule is Cc1ccncc1C1CCN(Cc2cn(C(C)(C)C)nn2)C1. The Labute approximate surface area is 132 Å². The van der Waals surface area contributed by atoms with Crippen molar-refractivity contribution in [1.82, 2.24) is 24.9 Å². The molecule has 1 saturated heterocycles. The van der Waals surface area contributed by atoms with Gasteiger partial charge in [-0.1, -0.05) is 5.21 Å². The van der Waals surface area contributed by atoms with Crippen molar-refractivity contribution in [2.24, 2.45) is 0 Å². The second kappa shape index (κ2) is 5.80. The van der Waals surface area contributed by atoms with Gasteiger partial charge in [-0.3, -0.25) is 9.88 Å². The molecule has 0 amide bonds. The first-order valence-corrected chi connectivity index (χ1v) is 7.98. The highest BCUT2D eigenvalue weighted by molar-refractivity contribution is 5.26. The van der Waals surface area contributed by atoms with E-state index in [0.29, 0.717) is 5.92 Å². The van der Waals surface area contributed by atoms with Crippen LogP contribution < -0.4 is 0 Å². The molecular weight excluding hydrogens is 274 g/mol. The molecule has 0 radical (unpaired) electrons. The standard InChI is InChI=1S/C17H25N5/c1-13-5-7-18-9-16(13)14-6-8-21(10-14)11-15-12-22(20-19-15)17(2,3)4/h5,7,9,12,14H,6,8,10-11H2,1-4H3. The highest BCUT2D eigenvalue weighted by atomic mass is 15.4. The predicted molar refractivity (Wildman–Crippen MR) is 86.6 cm³/mol. The first-order chi connectivity index (χ1) is 10.4. The third kappa shape index (κ3) is 3.19. The summed E-state index contributed by atoms with van der Waals surface area (Å²) < 4.78 is 1.95. The van der Waals surface area contributed by atoms with Gasteiger partial charge in [0.2, 0.25) is 0 Å². The van der Waals surface area contributed by atoms with E-state index in [2.05, 4.69) is 60.2 Å². The summed E-state index contributed by atoms with van der Waals surface area (Å²) in [5.41, 5.74) is 3.79. The molecule has 0 aromatic carbocycles. The van der Waals surface area contributed by atoms with Crippen LogP contribution in [0.4, 0.5) is 0 Å². The Balaban J connectivity index is 1.64. The Morgan fingerprint density at radius 3 is 2.82 bits per heavy atom. The zero-order chi connectivity index (χ0) is 15.7. The second-order valence-corrected chi connectivity index (χ2v) is 7.28. The summed E-state index contributed by atoms with van der Waals surface area (Å²) in [6.07, 6.45) is 7.17. The van der Waals surface area contributed by atoms with Crippen LogP contribution in [-0.2, 0) is 12.1 Å². The van der Waals surface area contributed by atoms with Crippen molar-refractivity contribution in [3.63, 3.8) is 0 Å². The minimum absolute atomic E-state index is 0.00832. The predicted octanol–water partition coefficient (Wildman–Crippen LogP) is 2.73. The van der Waals surface area contributed by atoms with Crippen molar-refractivity contribution in [2.75, 3.05) is 13.1 Å². The van der Waals surface area contributed by atoms with Gasteiger partial charge >= 0.3 is 0 Å². The van der Waals surface area contributed by atoms with Gasteiger partial charge in [-0.2, -0.15) is 0 Å². The number of pyridine rings is 1. The number of rotatable bonds is 3. The van der Waals surface area contributed by atoms with E-state index in [1.54, 1.807) is 0 Å². The number of nitrogens with zero attached hydrogens (tertiary/aromatic N) is 5. The molecular formula is C17H25N5. The molecule has 2 aromatic heterocycles. The van der Waals surface area contributed by atoms with Crippen LogP contribution in [0.5, 0.6) is 0 Å². The smallest absolute Gasteiger partial charge is 0.0967 e. The molecule has 1 unspecified atom stereocenters. The average molecular weight is 299 g/mol. The fourth-order valence-electron chi connectivity index (χ4n) is 3.06. The first-order valence-electron chi connectivity index (χ1n) is 7.98. The van der Waals surface area contributed by atoms with Crippen LogP contribution in [0.2, 0.25) is 0 Å². The average Bonchev–Trinajstić information content (AvgIpc) is 3.09. The van der Waals surface area contributed by atoms with E-state index < -0.39 is 0 Å². The third-order valence-corrected chi connectivity index (χ3v) is 4.41. The molecule has 3 rings (SSSR count). The number of hydrogen-bond acceptors (Lipinski definition) is 4. The normalized spacial score (nSPS) is 19.7. The van der Waals surface area contributed by atoms with Crippen molar-refractivity contribution in [3.8, 4) is 0 Å². The lowest BCUT2D eigenvalue weighted by molar-refractivity contribution is 0.322. The summed E-state index contributed by atoms with van der Waals surface area (Å²) in [6, 6.07) is 2.10. The van der Waals surface area contributed by atoms with E-state index in [1.165, 1.54) is 17.5 Å². The van der Waals surface area contributed by atoms with Gasteiger partial charge in [0.1, 0.15) is 0 Å². The Bertz CT molecular complexity index is 640. The number of aromatic nitrogens is 4. The summed E-state index contributed by atoms with van der Waals surface area (Å²) in [5.74, 6) is 0.589. The van der Waals surface area contributed by atoms with Crippen molar-refractivity contribution >= 4 is 0 Å². The molecule has 5 heteroatoms. The van der Waals surface area contributed by atoms with Crippen molar-refractivity contribution in [1.29, 1.82) is 0 Å². The zero-order valence-corrected chi connectivity index (χ0v) is 14.0. The summed E-state index contributed by atoms with van der Waals surface area (Å²) in [5, 5.41) is 8.57. The van der Waals surface area contributed by atoms with Crippen molar-refractivity contribution < 1.29 is 0 Å². The minimum Gasteiger partial charge on any atom is -0.297 e. The first kappa shape index (κ1) is 15.2. The van der Waals surface area contributed by atoms with E-state index in [9.17, 15) is 0 Å². The molecule has 1 aliphatic heterocycles. The summed E-state index contributed by atoms with van der Waals surface area (Å²) in [6.45, 7) is 11.7. The van der Waals surface area contributed by atoms with Crippen LogP contribution in [0.3, 0.4) is 0 Å². The molecule has 0 bridgehead atoms. The Morgan fingerprint density at radius 1 is 1.32 bits per heavy atom. The van der Waals surface area contributed by atoms with Gasteiger partial charge in [-0.25, -0.2) is 4.68 Å². The van der Waals surface area contributed by atoms with E-state index in [1.807, 2.05) is 17.1 Å². The van der Waals surface area contributed by atoms with Gasteiger partial charge in [0.15, 0.2) is 0 Å². The lowest BCUT2D eigenvalue weighted by atomic mass is 9.96. The van der Waals surface area contributed by atoms with E-state index in [4.69, 9.17) is 0 Å². The highest BCUT2D eigenvalue weighted by Crippen LogP contribution is 2.29. The fourth-order valence-corrected chi connectivity index (χ4v) is 3.06. The van der Waals surface area contributed by atoms with Crippen LogP contribution in [-0.4, -0.2) is 38.0 Å². The summed E-state index contributed by atoms with van der Waals surface area (Å²) >= 11 is 0. The van der Waals surface area contributed by atoms with E-state index in [0.717, 1.165) is 25.3 Å². The molecule has 1 aliphatic rings. The summed E-state index contributed by atoms with van der Waals surface area (Å²) in [4.78, 5) is 6.75. The monoisotopic (exact) mass is 299 g/mol. The maximum atomic E-state index is 4.32. The quantitative estimate of drug-likeness (QED) is 0.874. The van der Waals surface area contributed by atoms with E-state index in [-0.39, 0.29) is 5.54 Å². The molecule has 0 aliphatic carbocycles. The van der Waals surface area contributed by atoms with Crippen molar-refractivity contribution in [3.05, 3.63) is 41.5 Å². The lowest BCUT2D eigenvalue weighted by Crippen LogP contribution is -2.22. The zero-order valence-electron chi connectivity index (χ0n) is 14.0. The molecule has 2 aromatic rings. The van der Waals surface area contributed by atoms with Gasteiger partial charge in [-0.15, -0.1) is 5.10 Å². The topological polar surface area (TPSA) is 46.8 Å². The Morgan fingerprint density at radius 2 is 2.14 bits per heavy atom. The van der Waals surface area contributed by atoms with Gasteiger partial charge in [0, 0.05) is 25.5 Å². The van der Waals surface area contributed by atoms with Gasteiger partial charge in [-0.05, 0) is 63.8 Å². The molecule has 0 saturated carbocycles. The fraction of sp³-hybridized carbons (Fsp3) is 0.588. The second-order valence-electron chi connectivity index (χ2n) is 7.28. The molecule has 22 heavy (non-hydrogen) atoms. The number of aryl methyl sites for hydroxylation is 1. The van der Waals surface area contributed by atoms with Crippen LogP contribution in [0.1, 0.15) is 49.9 Å². The van der Waals surface area contributed by atoms with Crippen LogP contribution >= 0.6 is 0 Å². The largest absolute Gasteiger partial charge is 0.297 e. The molecule has 5 nitrogen and oxygen atoms in total. The van der Waals surface area contributed by atoms with Crippen LogP contribution in [0.15, 0.2) is 24.7 Å². The molecule has 0 spiro atoms. The molecule has 1 fully saturated rings. The number of likely N-dealkylation sites (tertiary alicyclic amines) is 1. The van der Waals surface area contributed by atoms with Crippen molar-refractivity contribution in [2.45, 2.75) is 52.1 Å². The molecule has 3 heterocycles. The van der Waals surface area contributed by atoms with Gasteiger partial charge in [0.05, 0.1) is 17.4 Å². The Kier molecular flexibility index (Phi) is 4.00. The molecule has 1 atom stereocenters. The maximum absolute atomic E-state index is 4.32. The summed E-state index contributed by atoms with van der Waals surface area (Å²) in [7, 11) is 0. The molecule has 0 N–H and O–H groups in total. The highest BCUT2D eigenvalue weighted by Gasteiger charge is 2.26. The van der Waals surface area contributed by atoms with Gasteiger partial charge < -0.3 is 0 Å². The molecule has 118 valence electrons. The van der Waals surface area contributed by atoms with Crippen LogP contribution in [0, 0.1) is 6.92 Å². The third-order valence-electron chi connectivity index (χ3n) is 4.41.